The number of quaternary nitrogens is 6. The van der Waals surface area contributed by atoms with Gasteiger partial charge in [-0.05, 0) is 315 Å². The van der Waals surface area contributed by atoms with E-state index in [0.29, 0.717) is 0 Å². The van der Waals surface area contributed by atoms with E-state index in [1.165, 1.54) is 434 Å². The van der Waals surface area contributed by atoms with E-state index in [1.807, 2.05) is 0 Å². The van der Waals surface area contributed by atoms with E-state index in [2.05, 4.69) is 62.3 Å². The van der Waals surface area contributed by atoms with Gasteiger partial charge in [-0.15, -0.1) is 0 Å². The molecule has 0 saturated carbocycles. The van der Waals surface area contributed by atoms with Gasteiger partial charge in [0.15, 0.2) is 0 Å². The van der Waals surface area contributed by atoms with Crippen LogP contribution >= 0.6 is 0 Å². The van der Waals surface area contributed by atoms with E-state index in [4.69, 9.17) is 0 Å². The minimum absolute atomic E-state index is 0. The van der Waals surface area contributed by atoms with E-state index < -0.39 is 0 Å². The summed E-state index contributed by atoms with van der Waals surface area (Å²) in [5, 5.41) is 0. The summed E-state index contributed by atoms with van der Waals surface area (Å²) >= 11 is 0. The topological polar surface area (TPSA) is 0 Å². The Morgan fingerprint density at radius 1 is 0.183 bits per heavy atom. The molecule has 0 radical (unpaired) electrons. The second-order valence-electron chi connectivity index (χ2n) is 35.2. The predicted octanol–water partition coefficient (Wildman–Crippen LogP) is 23.2. The van der Waals surface area contributed by atoms with Crippen molar-refractivity contribution in [3.63, 3.8) is 0 Å². The van der Waals surface area contributed by atoms with Gasteiger partial charge in [0.2, 0.25) is 0 Å². The van der Waals surface area contributed by atoms with E-state index in [-0.39, 0.29) is 44.6 Å². The lowest BCUT2D eigenvalue weighted by Gasteiger charge is -2.44. The van der Waals surface area contributed by atoms with Crippen LogP contribution in [0.5, 0.6) is 0 Å². The summed E-state index contributed by atoms with van der Waals surface area (Å²) < 4.78 is 8.89. The minimum atomic E-state index is 0. The third kappa shape index (κ3) is 29.3. The third-order valence-electron chi connectivity index (χ3n) is 28.5. The van der Waals surface area contributed by atoms with Crippen molar-refractivity contribution in [2.45, 2.75) is 363 Å². The molecule has 0 N–H and O–H groups in total. The molecule has 12 rings (SSSR count). The second kappa shape index (κ2) is 47.8. The van der Waals surface area contributed by atoms with Gasteiger partial charge < -0.3 is 71.5 Å². The molecule has 0 amide bonds. The fourth-order valence-electron chi connectivity index (χ4n) is 21.7. The molecule has 0 aromatic heterocycles. The highest BCUT2D eigenvalue weighted by Gasteiger charge is 2.41. The van der Waals surface area contributed by atoms with E-state index in [0.717, 1.165) is 53.8 Å². The molecule has 0 aromatic carbocycles. The maximum atomic E-state index is 2.53. The molecular weight excluding hydrogens is 1130 g/mol. The van der Waals surface area contributed by atoms with Crippen LogP contribution in [0.1, 0.15) is 338 Å². The molecular formula is C87H180N6. The van der Waals surface area contributed by atoms with Crippen LogP contribution in [0.3, 0.4) is 0 Å². The summed E-state index contributed by atoms with van der Waals surface area (Å²) in [5.41, 5.74) is 0. The van der Waals surface area contributed by atoms with Crippen LogP contribution in [0, 0.1) is 74.1 Å². The van der Waals surface area contributed by atoms with Gasteiger partial charge in [0.05, 0.1) is 155 Å². The van der Waals surface area contributed by atoms with Crippen LogP contribution in [0.4, 0.5) is 0 Å². The molecule has 12 fully saturated rings. The first-order valence-electron chi connectivity index (χ1n) is 41.3. The van der Waals surface area contributed by atoms with Crippen molar-refractivity contribution in [1.29, 1.82) is 0 Å². The molecule has 6 spiro atoms. The lowest BCUT2D eigenvalue weighted by Crippen LogP contribution is -2.56. The Bertz CT molecular complexity index is 1700. The Morgan fingerprint density at radius 3 is 0.957 bits per heavy atom. The van der Waals surface area contributed by atoms with Crippen molar-refractivity contribution in [3.05, 3.63) is 44.6 Å². The quantitative estimate of drug-likeness (QED) is 0.168. The van der Waals surface area contributed by atoms with Crippen LogP contribution in [-0.2, 0) is 0 Å². The molecule has 9 unspecified atom stereocenters. The summed E-state index contributed by atoms with van der Waals surface area (Å²) in [6, 6.07) is 3.75. The maximum absolute atomic E-state index is 2.53. The molecule has 93 heavy (non-hydrogen) atoms. The van der Waals surface area contributed by atoms with Crippen molar-refractivity contribution >= 4 is 0 Å². The van der Waals surface area contributed by atoms with Crippen molar-refractivity contribution < 1.29 is 26.9 Å². The van der Waals surface area contributed by atoms with E-state index in [1.54, 1.807) is 0 Å². The summed E-state index contributed by atoms with van der Waals surface area (Å²) in [6.07, 6.45) is 63.9. The second-order valence-corrected chi connectivity index (χ2v) is 35.2. The van der Waals surface area contributed by atoms with Gasteiger partial charge in [-0.1, -0.05) is 34.6 Å². The number of nitrogens with zero attached hydrogens (tertiary/aromatic N) is 6. The summed E-state index contributed by atoms with van der Waals surface area (Å²) in [5.74, 6) is 4.88. The smallest absolute Gasteiger partial charge is 0.0887 e. The van der Waals surface area contributed by atoms with Crippen molar-refractivity contribution in [2.24, 2.45) is 29.6 Å². The Balaban J connectivity index is 0.000000551. The SMILES string of the molecule is CC1CCC(C)[N+]2(CCCCCC2)CC1.CC1CCCCC[N+]12CCCCCC2.CC1CCCC[N+]2(CCCCCC2)C1.CC1CCCC[N+]2(CCCCCC2)C1C.CC1CCC[N+]2(CCCCCC2)C(C)C1.CC1CCC[N+]2(CCCCCC2)CC1.[CH3-].[CH3-].[CH3-].[CH3-].[CH3-].[CH3-]. The highest BCUT2D eigenvalue weighted by Crippen LogP contribution is 2.36. The van der Waals surface area contributed by atoms with Gasteiger partial charge in [0.1, 0.15) is 0 Å². The zero-order valence-corrected chi connectivity index (χ0v) is 67.4. The Morgan fingerprint density at radius 2 is 0.473 bits per heavy atom. The molecule has 0 aromatic rings. The van der Waals surface area contributed by atoms with E-state index >= 15 is 0 Å². The van der Waals surface area contributed by atoms with Crippen molar-refractivity contribution in [3.8, 4) is 0 Å². The van der Waals surface area contributed by atoms with Crippen LogP contribution in [0.15, 0.2) is 0 Å². The van der Waals surface area contributed by atoms with Gasteiger partial charge >= 0.3 is 0 Å². The number of hydrogen-bond acceptors (Lipinski definition) is 0. The average molecular weight is 1310 g/mol. The molecule has 6 heteroatoms. The Kier molecular flexibility index (Phi) is 46.6. The van der Waals surface area contributed by atoms with Crippen molar-refractivity contribution in [2.75, 3.05) is 131 Å². The van der Waals surface area contributed by atoms with Gasteiger partial charge in [0.25, 0.3) is 0 Å². The molecule has 12 aliphatic heterocycles. The standard InChI is InChI=1S/3C14H28N.3C13H26N.6CH3/c1-13-9-5-8-12-15(14(13)2)10-6-3-4-7-11-15;1-13-7-8-14(2)15(12-9-13)10-5-3-4-6-11-15;1-13-8-7-11-15(14(2)12-13)9-5-3-4-6-10-15;1-13-9-5-4-8-12-14(13)10-6-2-3-7-11-14;1-13-8-4-7-11-14(12-13)9-5-2-3-6-10-14;1-13-7-6-11-14(12-8-13)9-4-2-3-5-10-14;;;;;;/h3*13-14H,3-12H2,1-2H3;3*13H,2-12H2,1H3;6*1H3/q6*+1;6*-1. The minimum Gasteiger partial charge on any atom is -0.358 e. The highest BCUT2D eigenvalue weighted by atomic mass is 15.4. The van der Waals surface area contributed by atoms with E-state index in [9.17, 15) is 0 Å². The van der Waals surface area contributed by atoms with Crippen molar-refractivity contribution in [1.82, 2.24) is 0 Å². The number of rotatable bonds is 0. The average Bonchev–Trinajstić information content (AvgIpc) is 2.77. The molecule has 6 nitrogen and oxygen atoms in total. The molecule has 12 aliphatic rings. The molecule has 0 bridgehead atoms. The lowest BCUT2D eigenvalue weighted by molar-refractivity contribution is -0.951. The van der Waals surface area contributed by atoms with Crippen LogP contribution < -0.4 is 0 Å². The molecule has 12 heterocycles. The highest BCUT2D eigenvalue weighted by molar-refractivity contribution is 4.73. The van der Waals surface area contributed by atoms with Crippen LogP contribution in [-0.4, -0.2) is 182 Å². The monoisotopic (exact) mass is 1310 g/mol. The normalized spacial score (nSPS) is 33.2. The molecule has 0 aliphatic carbocycles. The third-order valence-corrected chi connectivity index (χ3v) is 28.5. The van der Waals surface area contributed by atoms with Crippen LogP contribution in [0.25, 0.3) is 0 Å². The summed E-state index contributed by atoms with van der Waals surface area (Å²) in [7, 11) is 0. The van der Waals surface area contributed by atoms with Gasteiger partial charge in [0, 0.05) is 18.3 Å². The zero-order chi connectivity index (χ0) is 61.7. The zero-order valence-electron chi connectivity index (χ0n) is 67.4. The molecule has 558 valence electrons. The summed E-state index contributed by atoms with van der Waals surface area (Å²) in [6.45, 7) is 52.1. The predicted molar refractivity (Wildman–Crippen MR) is 420 cm³/mol. The summed E-state index contributed by atoms with van der Waals surface area (Å²) in [4.78, 5) is 0. The first kappa shape index (κ1) is 90.8. The van der Waals surface area contributed by atoms with Gasteiger partial charge in [-0.2, -0.15) is 0 Å². The van der Waals surface area contributed by atoms with Gasteiger partial charge in [-0.25, -0.2) is 0 Å². The Labute approximate surface area is 591 Å². The lowest BCUT2D eigenvalue weighted by atomic mass is 9.96. The first-order valence-corrected chi connectivity index (χ1v) is 41.3. The van der Waals surface area contributed by atoms with Gasteiger partial charge in [-0.3, -0.25) is 0 Å². The Hall–Kier alpha value is -0.240. The number of hydrogen-bond donors (Lipinski definition) is 0. The largest absolute Gasteiger partial charge is 0.358 e. The fourth-order valence-corrected chi connectivity index (χ4v) is 21.7. The maximum Gasteiger partial charge on any atom is 0.0887 e. The van der Waals surface area contributed by atoms with Crippen LogP contribution in [0.2, 0.25) is 0 Å². The first-order chi connectivity index (χ1) is 42.2. The fraction of sp³-hybridized carbons (Fsp3) is 0.931. The molecule has 9 atom stereocenters. The molecule has 12 saturated heterocycles.